The van der Waals surface area contributed by atoms with Crippen LogP contribution in [0.5, 0.6) is 0 Å². The molecule has 4 rings (SSSR count). The fourth-order valence-corrected chi connectivity index (χ4v) is 7.37. The average Bonchev–Trinajstić information content (AvgIpc) is 2.55. The molecule has 3 fully saturated rings. The Hall–Kier alpha value is -1.24. The van der Waals surface area contributed by atoms with Gasteiger partial charge in [-0.15, -0.1) is 4.31 Å². The number of hydrogen-bond donors (Lipinski definition) is 0. The normalized spacial score (nSPS) is 30.8. The Morgan fingerprint density at radius 1 is 1.30 bits per heavy atom. The highest BCUT2D eigenvalue weighted by atomic mass is 32.2. The van der Waals surface area contributed by atoms with Crippen molar-refractivity contribution in [2.24, 2.45) is 5.41 Å². The van der Waals surface area contributed by atoms with Gasteiger partial charge < -0.3 is 14.2 Å². The van der Waals surface area contributed by atoms with Crippen LogP contribution >= 0.6 is 0 Å². The fourth-order valence-electron chi connectivity index (χ4n) is 5.14. The molecule has 1 aromatic carbocycles. The summed E-state index contributed by atoms with van der Waals surface area (Å²) in [6.07, 6.45) is 3.68. The highest BCUT2D eigenvalue weighted by Crippen LogP contribution is 2.57. The van der Waals surface area contributed by atoms with E-state index in [2.05, 4.69) is 35.5 Å². The van der Waals surface area contributed by atoms with Crippen LogP contribution in [0.4, 0.5) is 4.79 Å². The van der Waals surface area contributed by atoms with Crippen LogP contribution in [0.3, 0.4) is 0 Å². The van der Waals surface area contributed by atoms with Crippen molar-refractivity contribution in [2.45, 2.75) is 56.2 Å². The molecule has 1 spiro atoms. The molecule has 1 amide bonds. The van der Waals surface area contributed by atoms with E-state index in [0.717, 1.165) is 25.9 Å². The van der Waals surface area contributed by atoms with Crippen LogP contribution < -0.4 is 0 Å². The van der Waals surface area contributed by atoms with Gasteiger partial charge in [0.2, 0.25) is 0 Å². The third kappa shape index (κ3) is 3.26. The first-order chi connectivity index (χ1) is 12.8. The second-order valence-electron chi connectivity index (χ2n) is 9.15. The van der Waals surface area contributed by atoms with E-state index in [4.69, 9.17) is 4.74 Å². The van der Waals surface area contributed by atoms with E-state index in [0.29, 0.717) is 11.3 Å². The van der Waals surface area contributed by atoms with Crippen LogP contribution in [0.25, 0.3) is 0 Å². The molecule has 1 aliphatic heterocycles. The van der Waals surface area contributed by atoms with Gasteiger partial charge in [-0.25, -0.2) is 4.79 Å². The molecule has 148 valence electrons. The van der Waals surface area contributed by atoms with Crippen LogP contribution in [0.1, 0.15) is 49.7 Å². The van der Waals surface area contributed by atoms with Gasteiger partial charge in [-0.3, -0.25) is 0 Å². The standard InChI is InChI=1S/C21H30N2O3S/c1-15-6-5-7-16(8-15)17-9-21(10-17)13-23(14-21)27(25)18-11-20(2,12-18)22(3)19(24)26-4/h5-8,17-18H,9-14H2,1-4H3/t18-,20+,27?. The van der Waals surface area contributed by atoms with Gasteiger partial charge in [0.1, 0.15) is 5.25 Å². The Labute approximate surface area is 165 Å². The van der Waals surface area contributed by atoms with Crippen molar-refractivity contribution in [3.63, 3.8) is 0 Å². The summed E-state index contributed by atoms with van der Waals surface area (Å²) in [6, 6.07) is 8.85. The van der Waals surface area contributed by atoms with Crippen LogP contribution in [0.2, 0.25) is 0 Å². The number of benzene rings is 1. The number of methoxy groups -OCH3 is 1. The molecule has 27 heavy (non-hydrogen) atoms. The summed E-state index contributed by atoms with van der Waals surface area (Å²) in [4.78, 5) is 13.4. The van der Waals surface area contributed by atoms with Crippen LogP contribution in [-0.2, 0) is 16.1 Å². The van der Waals surface area contributed by atoms with Crippen molar-refractivity contribution < 1.29 is 14.1 Å². The fraction of sp³-hybridized carbons (Fsp3) is 0.667. The molecule has 1 heterocycles. The third-order valence-electron chi connectivity index (χ3n) is 7.03. The van der Waals surface area contributed by atoms with Gasteiger partial charge in [-0.1, -0.05) is 29.8 Å². The molecule has 1 saturated heterocycles. The minimum Gasteiger partial charge on any atom is -0.598 e. The van der Waals surface area contributed by atoms with Crippen molar-refractivity contribution in [3.05, 3.63) is 35.4 Å². The topological polar surface area (TPSA) is 55.8 Å². The van der Waals surface area contributed by atoms with Gasteiger partial charge in [0.15, 0.2) is 0 Å². The number of aryl methyl sites for hydroxylation is 1. The first kappa shape index (κ1) is 19.1. The zero-order valence-corrected chi connectivity index (χ0v) is 17.6. The Kier molecular flexibility index (Phi) is 4.72. The summed E-state index contributed by atoms with van der Waals surface area (Å²) in [5.74, 6) is 0.668. The summed E-state index contributed by atoms with van der Waals surface area (Å²) in [7, 11) is 3.17. The average molecular weight is 391 g/mol. The van der Waals surface area contributed by atoms with Crippen LogP contribution in [0, 0.1) is 12.3 Å². The second-order valence-corrected chi connectivity index (χ2v) is 10.9. The molecule has 0 N–H and O–H groups in total. The lowest BCUT2D eigenvalue weighted by molar-refractivity contribution is -0.0283. The van der Waals surface area contributed by atoms with E-state index in [1.54, 1.807) is 11.9 Å². The largest absolute Gasteiger partial charge is 0.598 e. The van der Waals surface area contributed by atoms with Crippen LogP contribution in [-0.4, -0.2) is 57.9 Å². The maximum absolute atomic E-state index is 12.9. The van der Waals surface area contributed by atoms with Gasteiger partial charge >= 0.3 is 6.09 Å². The molecular weight excluding hydrogens is 360 g/mol. The number of nitrogens with zero attached hydrogens (tertiary/aromatic N) is 2. The zero-order valence-electron chi connectivity index (χ0n) is 16.7. The SMILES string of the molecule is COC(=O)N(C)[C@]1(C)C[C@H]([S+]([O-])N2CC3(CC(c4cccc(C)c4)C3)C2)C1. The summed E-state index contributed by atoms with van der Waals surface area (Å²) in [5, 5.41) is 0.159. The molecule has 3 aliphatic rings. The quantitative estimate of drug-likeness (QED) is 0.739. The molecule has 0 radical (unpaired) electrons. The molecule has 1 aromatic rings. The lowest BCUT2D eigenvalue weighted by Gasteiger charge is -2.59. The van der Waals surface area contributed by atoms with E-state index < -0.39 is 11.4 Å². The summed E-state index contributed by atoms with van der Waals surface area (Å²) in [5.41, 5.74) is 2.94. The number of carbonyl (C=O) groups excluding carboxylic acids is 1. The van der Waals surface area contributed by atoms with Crippen molar-refractivity contribution in [1.82, 2.24) is 9.21 Å². The Balaban J connectivity index is 1.25. The smallest absolute Gasteiger partial charge is 0.409 e. The first-order valence-corrected chi connectivity index (χ1v) is 11.0. The molecule has 1 atom stereocenters. The minimum absolute atomic E-state index is 0.159. The molecule has 0 bridgehead atoms. The number of carbonyl (C=O) groups is 1. The van der Waals surface area contributed by atoms with Gasteiger partial charge in [0.05, 0.1) is 25.7 Å². The molecule has 1 unspecified atom stereocenters. The molecule has 2 saturated carbocycles. The first-order valence-electron chi connectivity index (χ1n) is 9.79. The zero-order chi connectivity index (χ0) is 19.4. The predicted molar refractivity (Wildman–Crippen MR) is 107 cm³/mol. The van der Waals surface area contributed by atoms with Crippen molar-refractivity contribution in [2.75, 3.05) is 27.2 Å². The van der Waals surface area contributed by atoms with Gasteiger partial charge in [0, 0.05) is 36.7 Å². The monoisotopic (exact) mass is 390 g/mol. The number of hydrogen-bond acceptors (Lipinski definition) is 4. The van der Waals surface area contributed by atoms with Crippen LogP contribution in [0.15, 0.2) is 24.3 Å². The van der Waals surface area contributed by atoms with Gasteiger partial charge in [0.25, 0.3) is 0 Å². The maximum atomic E-state index is 12.9. The lowest BCUT2D eigenvalue weighted by atomic mass is 9.57. The van der Waals surface area contributed by atoms with Crippen molar-refractivity contribution >= 4 is 17.5 Å². The van der Waals surface area contributed by atoms with Gasteiger partial charge in [-0.05, 0) is 38.2 Å². The number of amides is 1. The number of ether oxygens (including phenoxy) is 1. The summed E-state index contributed by atoms with van der Waals surface area (Å²) < 4.78 is 19.8. The number of rotatable bonds is 4. The molecular formula is C21H30N2O3S. The van der Waals surface area contributed by atoms with E-state index >= 15 is 0 Å². The lowest BCUT2D eigenvalue weighted by Crippen LogP contribution is -2.67. The molecule has 6 heteroatoms. The van der Waals surface area contributed by atoms with E-state index in [-0.39, 0.29) is 16.9 Å². The highest BCUT2D eigenvalue weighted by molar-refractivity contribution is 7.89. The van der Waals surface area contributed by atoms with Crippen molar-refractivity contribution in [1.29, 1.82) is 0 Å². The predicted octanol–water partition coefficient (Wildman–Crippen LogP) is 3.46. The Bertz CT molecular complexity index is 720. The summed E-state index contributed by atoms with van der Waals surface area (Å²) >= 11 is -0.933. The third-order valence-corrected chi connectivity index (χ3v) is 8.70. The van der Waals surface area contributed by atoms with E-state index in [9.17, 15) is 9.35 Å². The van der Waals surface area contributed by atoms with Gasteiger partial charge in [-0.2, -0.15) is 0 Å². The Morgan fingerprint density at radius 2 is 1.96 bits per heavy atom. The minimum atomic E-state index is -0.933. The molecule has 2 aliphatic carbocycles. The maximum Gasteiger partial charge on any atom is 0.409 e. The highest BCUT2D eigenvalue weighted by Gasteiger charge is 2.60. The molecule has 5 nitrogen and oxygen atoms in total. The molecule has 0 aromatic heterocycles. The van der Waals surface area contributed by atoms with E-state index in [1.165, 1.54) is 31.1 Å². The van der Waals surface area contributed by atoms with E-state index in [1.807, 2.05) is 6.92 Å². The summed E-state index contributed by atoms with van der Waals surface area (Å²) in [6.45, 7) is 6.12. The Morgan fingerprint density at radius 3 is 2.56 bits per heavy atom. The second kappa shape index (κ2) is 6.68. The van der Waals surface area contributed by atoms with Crippen molar-refractivity contribution in [3.8, 4) is 0 Å².